The zero-order valence-corrected chi connectivity index (χ0v) is 18.4. The maximum atomic E-state index is 13.6. The first kappa shape index (κ1) is 22.7. The number of benzene rings is 2. The summed E-state index contributed by atoms with van der Waals surface area (Å²) in [6.45, 7) is 3.57. The number of thioether (sulfide) groups is 1. The number of aromatic nitrogens is 2. The minimum absolute atomic E-state index is 0.00195. The summed E-state index contributed by atoms with van der Waals surface area (Å²) in [5.74, 6) is -0.968. The lowest BCUT2D eigenvalue weighted by atomic mass is 10.2. The van der Waals surface area contributed by atoms with Crippen molar-refractivity contribution in [1.82, 2.24) is 9.97 Å². The Labute approximate surface area is 183 Å². The van der Waals surface area contributed by atoms with E-state index < -0.39 is 32.0 Å². The second-order valence-electron chi connectivity index (χ2n) is 6.68. The lowest BCUT2D eigenvalue weighted by Gasteiger charge is -2.07. The van der Waals surface area contributed by atoms with Crippen LogP contribution < -0.4 is 10.9 Å². The van der Waals surface area contributed by atoms with Crippen molar-refractivity contribution >= 4 is 33.2 Å². The molecule has 1 amide bonds. The van der Waals surface area contributed by atoms with E-state index in [0.29, 0.717) is 11.3 Å². The number of sulfone groups is 1. The van der Waals surface area contributed by atoms with Crippen molar-refractivity contribution in [1.29, 1.82) is 0 Å². The SMILES string of the molecule is CCc1ccc(S(=O)(=O)c2cnc(SCC(=O)Nc3ccc(C)c(F)c3)[nH]c2=O)cc1. The normalized spacial score (nSPS) is 11.3. The van der Waals surface area contributed by atoms with Gasteiger partial charge in [-0.25, -0.2) is 17.8 Å². The molecule has 0 unspecified atom stereocenters. The van der Waals surface area contributed by atoms with Crippen molar-refractivity contribution in [3.63, 3.8) is 0 Å². The van der Waals surface area contributed by atoms with Crippen LogP contribution in [0.5, 0.6) is 0 Å². The van der Waals surface area contributed by atoms with Crippen molar-refractivity contribution in [3.05, 3.63) is 76.0 Å². The van der Waals surface area contributed by atoms with E-state index in [-0.39, 0.29) is 15.8 Å². The number of anilines is 1. The highest BCUT2D eigenvalue weighted by molar-refractivity contribution is 7.99. The number of aromatic amines is 1. The molecular formula is C21H20FN3O4S2. The van der Waals surface area contributed by atoms with E-state index in [1.807, 2.05) is 6.92 Å². The zero-order valence-electron chi connectivity index (χ0n) is 16.8. The molecular weight excluding hydrogens is 441 g/mol. The minimum Gasteiger partial charge on any atom is -0.325 e. The van der Waals surface area contributed by atoms with Crippen LogP contribution in [0.1, 0.15) is 18.1 Å². The largest absolute Gasteiger partial charge is 0.325 e. The van der Waals surface area contributed by atoms with Crippen LogP contribution in [0.25, 0.3) is 0 Å². The molecule has 3 rings (SSSR count). The number of amides is 1. The number of nitrogens with zero attached hydrogens (tertiary/aromatic N) is 1. The Hall–Kier alpha value is -2.98. The molecule has 0 atom stereocenters. The predicted octanol–water partition coefficient (Wildman–Crippen LogP) is 3.34. The zero-order chi connectivity index (χ0) is 22.6. The number of hydrogen-bond donors (Lipinski definition) is 2. The highest BCUT2D eigenvalue weighted by Crippen LogP contribution is 2.20. The van der Waals surface area contributed by atoms with Gasteiger partial charge in [-0.05, 0) is 48.7 Å². The highest BCUT2D eigenvalue weighted by atomic mass is 32.2. The van der Waals surface area contributed by atoms with Gasteiger partial charge in [0.15, 0.2) is 10.1 Å². The van der Waals surface area contributed by atoms with Gasteiger partial charge < -0.3 is 10.3 Å². The van der Waals surface area contributed by atoms with Crippen LogP contribution in [-0.4, -0.2) is 30.0 Å². The van der Waals surface area contributed by atoms with E-state index in [9.17, 15) is 22.4 Å². The summed E-state index contributed by atoms with van der Waals surface area (Å²) in [5, 5.41) is 2.64. The van der Waals surface area contributed by atoms with Gasteiger partial charge in [0.1, 0.15) is 5.82 Å². The van der Waals surface area contributed by atoms with Gasteiger partial charge in [0.25, 0.3) is 5.56 Å². The predicted molar refractivity (Wildman–Crippen MR) is 117 cm³/mol. The molecule has 31 heavy (non-hydrogen) atoms. The van der Waals surface area contributed by atoms with Crippen LogP contribution in [0, 0.1) is 12.7 Å². The molecule has 0 aliphatic carbocycles. The van der Waals surface area contributed by atoms with Crippen molar-refractivity contribution in [3.8, 4) is 0 Å². The van der Waals surface area contributed by atoms with Crippen molar-refractivity contribution in [2.45, 2.75) is 35.2 Å². The fourth-order valence-electron chi connectivity index (χ4n) is 2.66. The number of hydrogen-bond acceptors (Lipinski definition) is 6. The van der Waals surface area contributed by atoms with Crippen molar-refractivity contribution in [2.75, 3.05) is 11.1 Å². The first-order valence-corrected chi connectivity index (χ1v) is 11.8. The third-order valence-corrected chi connectivity index (χ3v) is 7.12. The number of halogens is 1. The fraction of sp³-hybridized carbons (Fsp3) is 0.190. The molecule has 10 heteroatoms. The van der Waals surface area contributed by atoms with Crippen LogP contribution >= 0.6 is 11.8 Å². The van der Waals surface area contributed by atoms with Gasteiger partial charge in [-0.2, -0.15) is 0 Å². The van der Waals surface area contributed by atoms with E-state index in [1.54, 1.807) is 31.2 Å². The monoisotopic (exact) mass is 461 g/mol. The molecule has 0 fully saturated rings. The molecule has 7 nitrogen and oxygen atoms in total. The van der Waals surface area contributed by atoms with Crippen molar-refractivity contribution in [2.24, 2.45) is 0 Å². The quantitative estimate of drug-likeness (QED) is 0.413. The molecule has 1 heterocycles. The minimum atomic E-state index is -4.02. The second-order valence-corrected chi connectivity index (χ2v) is 9.57. The summed E-state index contributed by atoms with van der Waals surface area (Å²) in [7, 11) is -4.02. The summed E-state index contributed by atoms with van der Waals surface area (Å²) >= 11 is 0.922. The summed E-state index contributed by atoms with van der Waals surface area (Å²) < 4.78 is 39.0. The topological polar surface area (TPSA) is 109 Å². The van der Waals surface area contributed by atoms with E-state index in [4.69, 9.17) is 0 Å². The molecule has 0 saturated carbocycles. The van der Waals surface area contributed by atoms with E-state index in [0.717, 1.165) is 29.9 Å². The Morgan fingerprint density at radius 1 is 1.19 bits per heavy atom. The highest BCUT2D eigenvalue weighted by Gasteiger charge is 2.22. The number of aryl methyl sites for hydroxylation is 2. The van der Waals surface area contributed by atoms with Crippen LogP contribution in [0.15, 0.2) is 68.4 Å². The molecule has 0 aliphatic heterocycles. The summed E-state index contributed by atoms with van der Waals surface area (Å²) in [5.41, 5.74) is 0.929. The molecule has 0 bridgehead atoms. The van der Waals surface area contributed by atoms with Gasteiger partial charge in [-0.1, -0.05) is 36.9 Å². The smallest absolute Gasteiger partial charge is 0.270 e. The lowest BCUT2D eigenvalue weighted by Crippen LogP contribution is -2.20. The summed E-state index contributed by atoms with van der Waals surface area (Å²) in [6, 6.07) is 10.6. The summed E-state index contributed by atoms with van der Waals surface area (Å²) in [4.78, 5) is 30.3. The number of nitrogens with one attached hydrogen (secondary N) is 2. The number of carbonyl (C=O) groups excluding carboxylic acids is 1. The molecule has 1 aromatic heterocycles. The van der Waals surface area contributed by atoms with Crippen LogP contribution in [-0.2, 0) is 21.1 Å². The number of carbonyl (C=O) groups is 1. The molecule has 2 aromatic carbocycles. The third-order valence-electron chi connectivity index (χ3n) is 4.47. The van der Waals surface area contributed by atoms with E-state index >= 15 is 0 Å². The van der Waals surface area contributed by atoms with Gasteiger partial charge in [0, 0.05) is 5.69 Å². The molecule has 0 saturated heterocycles. The van der Waals surface area contributed by atoms with Crippen molar-refractivity contribution < 1.29 is 17.6 Å². The molecule has 2 N–H and O–H groups in total. The van der Waals surface area contributed by atoms with Gasteiger partial charge >= 0.3 is 0 Å². The fourth-order valence-corrected chi connectivity index (χ4v) is 4.53. The number of H-pyrrole nitrogens is 1. The first-order chi connectivity index (χ1) is 14.7. The van der Waals surface area contributed by atoms with Gasteiger partial charge in [-0.15, -0.1) is 0 Å². The van der Waals surface area contributed by atoms with Crippen LogP contribution in [0.3, 0.4) is 0 Å². The Bertz CT molecular complexity index is 1270. The maximum Gasteiger partial charge on any atom is 0.270 e. The number of rotatable bonds is 7. The Kier molecular flexibility index (Phi) is 6.91. The van der Waals surface area contributed by atoms with E-state index in [1.165, 1.54) is 18.2 Å². The third kappa shape index (κ3) is 5.39. The standard InChI is InChI=1S/C21H20FN3O4S2/c1-3-14-5-8-16(9-6-14)31(28,29)18-11-23-21(25-20(18)27)30-12-19(26)24-15-7-4-13(2)17(22)10-15/h4-11H,3,12H2,1-2H3,(H,24,26)(H,23,25,27). The Morgan fingerprint density at radius 3 is 2.52 bits per heavy atom. The van der Waals surface area contributed by atoms with Crippen LogP contribution in [0.4, 0.5) is 10.1 Å². The van der Waals surface area contributed by atoms with Gasteiger partial charge in [-0.3, -0.25) is 9.59 Å². The Morgan fingerprint density at radius 2 is 1.90 bits per heavy atom. The molecule has 0 radical (unpaired) electrons. The van der Waals surface area contributed by atoms with Gasteiger partial charge in [0.2, 0.25) is 15.7 Å². The van der Waals surface area contributed by atoms with Gasteiger partial charge in [0.05, 0.1) is 16.8 Å². The molecule has 0 aliphatic rings. The van der Waals surface area contributed by atoms with E-state index in [2.05, 4.69) is 15.3 Å². The lowest BCUT2D eigenvalue weighted by molar-refractivity contribution is -0.113. The first-order valence-electron chi connectivity index (χ1n) is 9.33. The average Bonchev–Trinajstić information content (AvgIpc) is 2.75. The average molecular weight is 462 g/mol. The summed E-state index contributed by atoms with van der Waals surface area (Å²) in [6.07, 6.45) is 1.75. The maximum absolute atomic E-state index is 13.6. The van der Waals surface area contributed by atoms with Crippen LogP contribution in [0.2, 0.25) is 0 Å². The molecule has 162 valence electrons. The Balaban J connectivity index is 1.69. The molecule has 0 spiro atoms. The molecule has 3 aromatic rings. The second kappa shape index (κ2) is 9.44.